The van der Waals surface area contributed by atoms with Crippen LogP contribution in [0.3, 0.4) is 0 Å². The largest absolute Gasteiger partial charge is 0.463 e. The maximum Gasteiger partial charge on any atom is 0.322 e. The van der Waals surface area contributed by atoms with Crippen molar-refractivity contribution in [3.8, 4) is 6.01 Å². The second-order valence-corrected chi connectivity index (χ2v) is 4.56. The van der Waals surface area contributed by atoms with Crippen LogP contribution in [-0.4, -0.2) is 21.6 Å². The number of halogens is 3. The SMILES string of the molecule is CCCOc1nc(Cl)nc(Nc2ccc(Cl)c(F)c2)n1. The van der Waals surface area contributed by atoms with E-state index in [-0.39, 0.29) is 22.3 Å². The fraction of sp³-hybridized carbons (Fsp3) is 0.250. The van der Waals surface area contributed by atoms with E-state index in [9.17, 15) is 4.39 Å². The molecule has 0 spiro atoms. The van der Waals surface area contributed by atoms with Gasteiger partial charge in [0.15, 0.2) is 0 Å². The van der Waals surface area contributed by atoms with Gasteiger partial charge in [0.2, 0.25) is 11.2 Å². The Labute approximate surface area is 125 Å². The molecule has 0 saturated carbocycles. The van der Waals surface area contributed by atoms with Crippen LogP contribution in [0.1, 0.15) is 13.3 Å². The molecule has 0 aliphatic carbocycles. The molecule has 0 saturated heterocycles. The van der Waals surface area contributed by atoms with Gasteiger partial charge in [0.25, 0.3) is 0 Å². The van der Waals surface area contributed by atoms with Crippen LogP contribution in [0.4, 0.5) is 16.0 Å². The van der Waals surface area contributed by atoms with Gasteiger partial charge < -0.3 is 10.1 Å². The van der Waals surface area contributed by atoms with E-state index in [1.54, 1.807) is 6.07 Å². The first kappa shape index (κ1) is 14.7. The summed E-state index contributed by atoms with van der Waals surface area (Å²) in [7, 11) is 0. The lowest BCUT2D eigenvalue weighted by atomic mass is 10.3. The molecular weight excluding hydrogens is 306 g/mol. The number of aromatic nitrogens is 3. The predicted molar refractivity (Wildman–Crippen MR) is 75.3 cm³/mol. The van der Waals surface area contributed by atoms with E-state index in [0.29, 0.717) is 12.3 Å². The average Bonchev–Trinajstić information content (AvgIpc) is 2.40. The van der Waals surface area contributed by atoms with Crippen molar-refractivity contribution in [3.63, 3.8) is 0 Å². The number of rotatable bonds is 5. The van der Waals surface area contributed by atoms with Gasteiger partial charge in [-0.3, -0.25) is 0 Å². The van der Waals surface area contributed by atoms with Crippen LogP contribution in [0, 0.1) is 5.82 Å². The molecule has 2 aromatic rings. The first-order valence-electron chi connectivity index (χ1n) is 5.85. The van der Waals surface area contributed by atoms with Crippen LogP contribution >= 0.6 is 23.2 Å². The summed E-state index contributed by atoms with van der Waals surface area (Å²) in [6, 6.07) is 4.36. The fourth-order valence-corrected chi connectivity index (χ4v) is 1.62. The molecule has 0 atom stereocenters. The third-order valence-corrected chi connectivity index (χ3v) is 2.67. The van der Waals surface area contributed by atoms with Gasteiger partial charge in [-0.15, -0.1) is 0 Å². The standard InChI is InChI=1S/C12H11Cl2FN4O/c1-2-5-20-12-18-10(14)17-11(19-12)16-7-3-4-8(13)9(15)6-7/h3-4,6H,2,5H2,1H3,(H,16,17,18,19). The highest BCUT2D eigenvalue weighted by atomic mass is 35.5. The molecular formula is C12H11Cl2FN4O. The lowest BCUT2D eigenvalue weighted by Crippen LogP contribution is -2.05. The molecule has 1 aromatic heterocycles. The van der Waals surface area contributed by atoms with Gasteiger partial charge in [0.05, 0.1) is 11.6 Å². The van der Waals surface area contributed by atoms with Crippen molar-refractivity contribution in [1.82, 2.24) is 15.0 Å². The summed E-state index contributed by atoms with van der Waals surface area (Å²) in [5.41, 5.74) is 0.440. The predicted octanol–water partition coefficient (Wildman–Crippen LogP) is 3.85. The van der Waals surface area contributed by atoms with Gasteiger partial charge in [-0.1, -0.05) is 18.5 Å². The summed E-state index contributed by atoms with van der Waals surface area (Å²) < 4.78 is 18.6. The zero-order valence-electron chi connectivity index (χ0n) is 10.5. The third kappa shape index (κ3) is 3.91. The fourth-order valence-electron chi connectivity index (χ4n) is 1.35. The van der Waals surface area contributed by atoms with Crippen molar-refractivity contribution >= 4 is 34.8 Å². The number of ether oxygens (including phenoxy) is 1. The molecule has 0 amide bonds. The molecule has 2 rings (SSSR count). The molecule has 5 nitrogen and oxygen atoms in total. The highest BCUT2D eigenvalue weighted by molar-refractivity contribution is 6.30. The Balaban J connectivity index is 2.19. The summed E-state index contributed by atoms with van der Waals surface area (Å²) in [4.78, 5) is 11.7. The number of nitrogens with zero attached hydrogens (tertiary/aromatic N) is 3. The first-order valence-corrected chi connectivity index (χ1v) is 6.60. The van der Waals surface area contributed by atoms with Crippen molar-refractivity contribution in [2.24, 2.45) is 0 Å². The van der Waals surface area contributed by atoms with Crippen LogP contribution in [0.25, 0.3) is 0 Å². The Morgan fingerprint density at radius 2 is 2.05 bits per heavy atom. The first-order chi connectivity index (χ1) is 9.58. The van der Waals surface area contributed by atoms with Crippen LogP contribution < -0.4 is 10.1 Å². The van der Waals surface area contributed by atoms with Crippen LogP contribution in [0.15, 0.2) is 18.2 Å². The van der Waals surface area contributed by atoms with Gasteiger partial charge >= 0.3 is 6.01 Å². The minimum atomic E-state index is -0.542. The second kappa shape index (κ2) is 6.67. The Morgan fingerprint density at radius 1 is 1.25 bits per heavy atom. The molecule has 1 heterocycles. The molecule has 0 aliphatic rings. The van der Waals surface area contributed by atoms with Crippen LogP contribution in [0.5, 0.6) is 6.01 Å². The number of benzene rings is 1. The topological polar surface area (TPSA) is 59.9 Å². The van der Waals surface area contributed by atoms with Gasteiger partial charge in [0, 0.05) is 5.69 Å². The van der Waals surface area contributed by atoms with Crippen molar-refractivity contribution in [2.75, 3.05) is 11.9 Å². The van der Waals surface area contributed by atoms with E-state index in [2.05, 4.69) is 20.3 Å². The molecule has 20 heavy (non-hydrogen) atoms. The molecule has 0 unspecified atom stereocenters. The molecule has 1 N–H and O–H groups in total. The Hall–Kier alpha value is -1.66. The van der Waals surface area contributed by atoms with E-state index in [1.165, 1.54) is 12.1 Å². The maximum absolute atomic E-state index is 13.3. The number of nitrogens with one attached hydrogen (secondary N) is 1. The smallest absolute Gasteiger partial charge is 0.322 e. The van der Waals surface area contributed by atoms with Crippen molar-refractivity contribution in [2.45, 2.75) is 13.3 Å². The van der Waals surface area contributed by atoms with Gasteiger partial charge in [-0.25, -0.2) is 4.39 Å². The van der Waals surface area contributed by atoms with Crippen LogP contribution in [-0.2, 0) is 0 Å². The molecule has 106 valence electrons. The quantitative estimate of drug-likeness (QED) is 0.907. The Bertz CT molecular complexity index is 612. The Morgan fingerprint density at radius 3 is 2.75 bits per heavy atom. The molecule has 0 aliphatic heterocycles. The third-order valence-electron chi connectivity index (χ3n) is 2.20. The molecule has 0 bridgehead atoms. The van der Waals surface area contributed by atoms with Gasteiger partial charge in [-0.05, 0) is 36.2 Å². The number of hydrogen-bond acceptors (Lipinski definition) is 5. The lowest BCUT2D eigenvalue weighted by molar-refractivity contribution is 0.292. The molecule has 0 radical (unpaired) electrons. The van der Waals surface area contributed by atoms with Gasteiger partial charge in [0.1, 0.15) is 5.82 Å². The van der Waals surface area contributed by atoms with E-state index >= 15 is 0 Å². The van der Waals surface area contributed by atoms with E-state index in [4.69, 9.17) is 27.9 Å². The van der Waals surface area contributed by atoms with Crippen molar-refractivity contribution in [3.05, 3.63) is 34.3 Å². The average molecular weight is 317 g/mol. The van der Waals surface area contributed by atoms with Gasteiger partial charge in [-0.2, -0.15) is 15.0 Å². The maximum atomic E-state index is 13.3. The number of anilines is 2. The van der Waals surface area contributed by atoms with E-state index < -0.39 is 5.82 Å². The minimum Gasteiger partial charge on any atom is -0.463 e. The highest BCUT2D eigenvalue weighted by Crippen LogP contribution is 2.21. The monoisotopic (exact) mass is 316 g/mol. The van der Waals surface area contributed by atoms with Crippen molar-refractivity contribution in [1.29, 1.82) is 0 Å². The molecule has 0 fully saturated rings. The summed E-state index contributed by atoms with van der Waals surface area (Å²) in [5.74, 6) is -0.378. The number of hydrogen-bond donors (Lipinski definition) is 1. The summed E-state index contributed by atoms with van der Waals surface area (Å²) in [5, 5.41) is 2.83. The molecule has 8 heteroatoms. The van der Waals surface area contributed by atoms with E-state index in [1.807, 2.05) is 6.92 Å². The highest BCUT2D eigenvalue weighted by Gasteiger charge is 2.07. The summed E-state index contributed by atoms with van der Waals surface area (Å²) >= 11 is 11.4. The zero-order chi connectivity index (χ0) is 14.5. The van der Waals surface area contributed by atoms with Crippen LogP contribution in [0.2, 0.25) is 10.3 Å². The summed E-state index contributed by atoms with van der Waals surface area (Å²) in [6.07, 6.45) is 0.814. The minimum absolute atomic E-state index is 0.0111. The van der Waals surface area contributed by atoms with E-state index in [0.717, 1.165) is 6.42 Å². The zero-order valence-corrected chi connectivity index (χ0v) is 12.0. The summed E-state index contributed by atoms with van der Waals surface area (Å²) in [6.45, 7) is 2.42. The second-order valence-electron chi connectivity index (χ2n) is 3.81. The normalized spacial score (nSPS) is 10.4. The van der Waals surface area contributed by atoms with Crippen molar-refractivity contribution < 1.29 is 9.13 Å². The lowest BCUT2D eigenvalue weighted by Gasteiger charge is -2.07. The Kier molecular flexibility index (Phi) is 4.92. The molecule has 1 aromatic carbocycles.